The van der Waals surface area contributed by atoms with Crippen LogP contribution in [0.4, 0.5) is 17.2 Å². The van der Waals surface area contributed by atoms with Crippen LogP contribution < -0.4 is 20.4 Å². The lowest BCUT2D eigenvalue weighted by Gasteiger charge is -2.40. The second-order valence-corrected chi connectivity index (χ2v) is 10.1. The lowest BCUT2D eigenvalue weighted by molar-refractivity contribution is -0.117. The number of thioether (sulfide) groups is 1. The summed E-state index contributed by atoms with van der Waals surface area (Å²) >= 11 is 8.30. The molecule has 1 atom stereocenters. The first-order valence-electron chi connectivity index (χ1n) is 11.2. The number of amides is 2. The van der Waals surface area contributed by atoms with Gasteiger partial charge in [-0.25, -0.2) is 4.98 Å². The molecule has 0 unspecified atom stereocenters. The van der Waals surface area contributed by atoms with Crippen LogP contribution >= 0.6 is 23.4 Å². The van der Waals surface area contributed by atoms with Crippen LogP contribution in [0.15, 0.2) is 30.5 Å². The van der Waals surface area contributed by atoms with Crippen molar-refractivity contribution in [3.05, 3.63) is 46.6 Å². The largest absolute Gasteiger partial charge is 0.368 e. The summed E-state index contributed by atoms with van der Waals surface area (Å²) < 4.78 is 0. The van der Waals surface area contributed by atoms with Crippen LogP contribution in [0.2, 0.25) is 5.02 Å². The van der Waals surface area contributed by atoms with E-state index in [0.717, 1.165) is 73.5 Å². The molecule has 2 fully saturated rings. The van der Waals surface area contributed by atoms with E-state index in [1.807, 2.05) is 30.1 Å². The Hall–Kier alpha value is -2.49. The van der Waals surface area contributed by atoms with E-state index in [1.165, 1.54) is 0 Å². The topological polar surface area (TPSA) is 80.8 Å². The highest BCUT2D eigenvalue weighted by atomic mass is 35.5. The van der Waals surface area contributed by atoms with Gasteiger partial charge in [0.1, 0.15) is 6.04 Å². The molecule has 0 aliphatic carbocycles. The second-order valence-electron chi connectivity index (χ2n) is 8.50. The second kappa shape index (κ2) is 9.40. The van der Waals surface area contributed by atoms with Crippen LogP contribution in [0.25, 0.3) is 0 Å². The van der Waals surface area contributed by atoms with E-state index >= 15 is 0 Å². The molecular formula is C23H27ClN6O2S. The molecule has 1 aromatic heterocycles. The van der Waals surface area contributed by atoms with E-state index in [4.69, 9.17) is 16.6 Å². The Bertz CT molecular complexity index is 1070. The maximum Gasteiger partial charge on any atom is 0.251 e. The molecule has 10 heteroatoms. The number of rotatable bonds is 4. The van der Waals surface area contributed by atoms with Gasteiger partial charge in [0.15, 0.2) is 5.82 Å². The third kappa shape index (κ3) is 4.49. The van der Waals surface area contributed by atoms with Crippen LogP contribution in [0.5, 0.6) is 0 Å². The monoisotopic (exact) mass is 486 g/mol. The summed E-state index contributed by atoms with van der Waals surface area (Å²) in [5.41, 5.74) is 3.44. The fourth-order valence-electron chi connectivity index (χ4n) is 4.65. The molecule has 3 aliphatic rings. The molecule has 4 heterocycles. The fraction of sp³-hybridized carbons (Fsp3) is 0.435. The van der Waals surface area contributed by atoms with Crippen LogP contribution in [-0.2, 0) is 11.3 Å². The summed E-state index contributed by atoms with van der Waals surface area (Å²) in [5.74, 6) is 2.66. The van der Waals surface area contributed by atoms with Gasteiger partial charge in [0.05, 0.1) is 16.4 Å². The Morgan fingerprint density at radius 1 is 1.24 bits per heavy atom. The number of nitrogens with one attached hydrogen (secondary N) is 2. The van der Waals surface area contributed by atoms with Crippen molar-refractivity contribution in [1.82, 2.24) is 15.2 Å². The number of halogens is 1. The zero-order valence-electron chi connectivity index (χ0n) is 18.5. The number of hydrogen-bond donors (Lipinski definition) is 2. The number of benzene rings is 1. The molecule has 8 nitrogen and oxygen atoms in total. The summed E-state index contributed by atoms with van der Waals surface area (Å²) in [7, 11) is 1.61. The van der Waals surface area contributed by atoms with Gasteiger partial charge in [-0.1, -0.05) is 11.6 Å². The van der Waals surface area contributed by atoms with Crippen LogP contribution in [0.1, 0.15) is 15.9 Å². The summed E-state index contributed by atoms with van der Waals surface area (Å²) in [4.78, 5) is 35.9. The van der Waals surface area contributed by atoms with Crippen LogP contribution in [-0.4, -0.2) is 79.0 Å². The zero-order chi connectivity index (χ0) is 22.9. The third-order valence-electron chi connectivity index (χ3n) is 6.44. The maximum atomic E-state index is 12.5. The molecule has 2 amide bonds. The molecule has 1 aromatic carbocycles. The highest BCUT2D eigenvalue weighted by molar-refractivity contribution is 7.99. The minimum atomic E-state index is -0.141. The molecule has 0 saturated carbocycles. The molecule has 0 bridgehead atoms. The van der Waals surface area contributed by atoms with Crippen molar-refractivity contribution < 1.29 is 9.59 Å². The average Bonchev–Trinajstić information content (AvgIpc) is 2.84. The van der Waals surface area contributed by atoms with E-state index in [-0.39, 0.29) is 17.9 Å². The van der Waals surface area contributed by atoms with Gasteiger partial charge in [-0.15, -0.1) is 0 Å². The van der Waals surface area contributed by atoms with E-state index in [9.17, 15) is 9.59 Å². The summed E-state index contributed by atoms with van der Waals surface area (Å²) in [6.45, 7) is 5.12. The number of nitrogens with zero attached hydrogens (tertiary/aromatic N) is 4. The number of hydrogen-bond acceptors (Lipinski definition) is 7. The smallest absolute Gasteiger partial charge is 0.251 e. The molecular weight excluding hydrogens is 460 g/mol. The normalized spacial score (nSPS) is 20.7. The van der Waals surface area contributed by atoms with Gasteiger partial charge in [-0.3, -0.25) is 14.5 Å². The van der Waals surface area contributed by atoms with Crippen molar-refractivity contribution in [2.75, 3.05) is 66.4 Å². The Labute approximate surface area is 202 Å². The summed E-state index contributed by atoms with van der Waals surface area (Å²) in [6, 6.07) is 7.41. The number of aromatic nitrogens is 1. The fourth-order valence-corrected chi connectivity index (χ4v) is 6.00. The first kappa shape index (κ1) is 22.3. The lowest BCUT2D eigenvalue weighted by atomic mass is 10.1. The van der Waals surface area contributed by atoms with Gasteiger partial charge < -0.3 is 20.4 Å². The molecule has 174 valence electrons. The highest BCUT2D eigenvalue weighted by Gasteiger charge is 2.36. The third-order valence-corrected chi connectivity index (χ3v) is 7.77. The van der Waals surface area contributed by atoms with Crippen molar-refractivity contribution in [1.29, 1.82) is 0 Å². The Morgan fingerprint density at radius 3 is 2.82 bits per heavy atom. The van der Waals surface area contributed by atoms with Gasteiger partial charge in [0.25, 0.3) is 5.91 Å². The first-order chi connectivity index (χ1) is 16.0. The van der Waals surface area contributed by atoms with Crippen molar-refractivity contribution in [3.8, 4) is 0 Å². The number of pyridine rings is 1. The predicted octanol–water partition coefficient (Wildman–Crippen LogP) is 2.29. The van der Waals surface area contributed by atoms with Gasteiger partial charge >= 0.3 is 0 Å². The van der Waals surface area contributed by atoms with Gasteiger partial charge in [0, 0.05) is 69.6 Å². The van der Waals surface area contributed by atoms with E-state index in [2.05, 4.69) is 31.4 Å². The number of anilines is 3. The SMILES string of the molecule is CNC(=O)c1ccc(N2CCN(Cc3cnc4c(c3)NC(=O)[C@@H]3CSCCN43)CC2)c(Cl)c1. The number of piperazine rings is 1. The van der Waals surface area contributed by atoms with Crippen molar-refractivity contribution in [2.45, 2.75) is 12.6 Å². The quantitative estimate of drug-likeness (QED) is 0.686. The number of fused-ring (bicyclic) bond motifs is 3. The minimum Gasteiger partial charge on any atom is -0.368 e. The van der Waals surface area contributed by atoms with Gasteiger partial charge in [-0.2, -0.15) is 11.8 Å². The zero-order valence-corrected chi connectivity index (χ0v) is 20.1. The van der Waals surface area contributed by atoms with E-state index in [0.29, 0.717) is 10.6 Å². The number of carbonyl (C=O) groups is 2. The molecule has 33 heavy (non-hydrogen) atoms. The van der Waals surface area contributed by atoms with Crippen LogP contribution in [0.3, 0.4) is 0 Å². The summed E-state index contributed by atoms with van der Waals surface area (Å²) in [5, 5.41) is 6.27. The highest BCUT2D eigenvalue weighted by Crippen LogP contribution is 2.34. The molecule has 2 saturated heterocycles. The molecule has 2 N–H and O–H groups in total. The Kier molecular flexibility index (Phi) is 6.36. The van der Waals surface area contributed by atoms with Crippen molar-refractivity contribution in [2.24, 2.45) is 0 Å². The standard InChI is InChI=1S/C23H27ClN6O2S/c1-25-22(31)16-2-3-19(17(24)11-16)29-6-4-28(5-7-29)13-15-10-18-21(26-12-15)30-8-9-33-14-20(30)23(32)27-18/h2-3,10-12,20H,4-9,13-14H2,1H3,(H,25,31)(H,27,32)/t20-/m0/s1. The van der Waals surface area contributed by atoms with Crippen LogP contribution in [0, 0.1) is 0 Å². The van der Waals surface area contributed by atoms with E-state index in [1.54, 1.807) is 13.1 Å². The Morgan fingerprint density at radius 2 is 2.06 bits per heavy atom. The summed E-state index contributed by atoms with van der Waals surface area (Å²) in [6.07, 6.45) is 1.94. The van der Waals surface area contributed by atoms with E-state index < -0.39 is 0 Å². The van der Waals surface area contributed by atoms with Gasteiger partial charge in [-0.05, 0) is 29.8 Å². The molecule has 3 aliphatic heterocycles. The first-order valence-corrected chi connectivity index (χ1v) is 12.7. The maximum absolute atomic E-state index is 12.5. The lowest BCUT2D eigenvalue weighted by Crippen LogP contribution is -2.53. The molecule has 2 aromatic rings. The van der Waals surface area contributed by atoms with Gasteiger partial charge in [0.2, 0.25) is 5.91 Å². The predicted molar refractivity (Wildman–Crippen MR) is 134 cm³/mol. The Balaban J connectivity index is 1.22. The average molecular weight is 487 g/mol. The van der Waals surface area contributed by atoms with Crippen molar-refractivity contribution in [3.63, 3.8) is 0 Å². The number of carbonyl (C=O) groups excluding carboxylic acids is 2. The minimum absolute atomic E-state index is 0.0709. The molecule has 5 rings (SSSR count). The molecule has 0 radical (unpaired) electrons. The van der Waals surface area contributed by atoms with Crippen molar-refractivity contribution >= 4 is 52.4 Å². The molecule has 0 spiro atoms.